The van der Waals surface area contributed by atoms with Gasteiger partial charge in [-0.3, -0.25) is 0 Å². The van der Waals surface area contributed by atoms with Crippen molar-refractivity contribution in [2.75, 3.05) is 0 Å². The van der Waals surface area contributed by atoms with Crippen LogP contribution in [0.5, 0.6) is 0 Å². The van der Waals surface area contributed by atoms with Crippen molar-refractivity contribution in [1.29, 1.82) is 0 Å². The molecule has 82 valence electrons. The smallest absolute Gasteiger partial charge is 0.249 e. The Kier molecular flexibility index (Phi) is 4.85. The lowest BCUT2D eigenvalue weighted by Crippen LogP contribution is -2.29. The van der Waals surface area contributed by atoms with Crippen molar-refractivity contribution in [2.24, 2.45) is 0 Å². The van der Waals surface area contributed by atoms with Gasteiger partial charge in [-0.05, 0) is 12.8 Å². The summed E-state index contributed by atoms with van der Waals surface area (Å²) in [5.41, 5.74) is 0. The maximum absolute atomic E-state index is 5.59. The second-order valence-corrected chi connectivity index (χ2v) is 3.98. The average molecular weight is 198 g/mol. The third-order valence-corrected chi connectivity index (χ3v) is 2.69. The second-order valence-electron chi connectivity index (χ2n) is 3.98. The third-order valence-electron chi connectivity index (χ3n) is 2.69. The summed E-state index contributed by atoms with van der Waals surface area (Å²) >= 11 is 0. The van der Waals surface area contributed by atoms with Gasteiger partial charge in [0.15, 0.2) is 0 Å². The largest absolute Gasteiger partial charge is 0.457 e. The Bertz CT molecular complexity index is 167. The zero-order chi connectivity index (χ0) is 10.3. The van der Waals surface area contributed by atoms with Gasteiger partial charge in [-0.1, -0.05) is 33.1 Å². The fraction of sp³-hybridized carbons (Fsp3) is 0.833. The van der Waals surface area contributed by atoms with E-state index in [2.05, 4.69) is 13.8 Å². The first-order valence-electron chi connectivity index (χ1n) is 5.83. The van der Waals surface area contributed by atoms with Crippen molar-refractivity contribution in [1.82, 2.24) is 0 Å². The Balaban J connectivity index is 2.29. The molecule has 0 aromatic carbocycles. The first kappa shape index (κ1) is 11.4. The summed E-state index contributed by atoms with van der Waals surface area (Å²) < 4.78 is 11.2. The van der Waals surface area contributed by atoms with Gasteiger partial charge in [-0.2, -0.15) is 0 Å². The van der Waals surface area contributed by atoms with Crippen LogP contribution in [-0.2, 0) is 9.47 Å². The Morgan fingerprint density at radius 1 is 0.857 bits per heavy atom. The van der Waals surface area contributed by atoms with Crippen LogP contribution < -0.4 is 0 Å². The van der Waals surface area contributed by atoms with Crippen LogP contribution in [0.4, 0.5) is 0 Å². The molecule has 0 fully saturated rings. The molecule has 0 saturated heterocycles. The fourth-order valence-electron chi connectivity index (χ4n) is 1.78. The number of hydrogen-bond donors (Lipinski definition) is 0. The Labute approximate surface area is 87.3 Å². The fourth-order valence-corrected chi connectivity index (χ4v) is 1.78. The molecule has 0 radical (unpaired) electrons. The van der Waals surface area contributed by atoms with Crippen molar-refractivity contribution >= 4 is 0 Å². The van der Waals surface area contributed by atoms with Crippen LogP contribution in [0.15, 0.2) is 12.5 Å². The lowest BCUT2D eigenvalue weighted by molar-refractivity contribution is -0.153. The molecule has 2 heteroatoms. The minimum Gasteiger partial charge on any atom is -0.457 e. The van der Waals surface area contributed by atoms with E-state index in [1.165, 1.54) is 32.1 Å². The van der Waals surface area contributed by atoms with Crippen molar-refractivity contribution in [3.63, 3.8) is 0 Å². The Hall–Kier alpha value is -0.660. The molecule has 2 nitrogen and oxygen atoms in total. The Morgan fingerprint density at radius 2 is 1.43 bits per heavy atom. The summed E-state index contributed by atoms with van der Waals surface area (Å²) in [5, 5.41) is 0. The van der Waals surface area contributed by atoms with E-state index in [1.807, 2.05) is 0 Å². The molecule has 0 unspecified atom stereocenters. The highest BCUT2D eigenvalue weighted by Crippen LogP contribution is 2.31. The summed E-state index contributed by atoms with van der Waals surface area (Å²) in [6.07, 6.45) is 11.5. The normalized spacial score (nSPS) is 17.9. The molecule has 1 heterocycles. The molecule has 1 aliphatic rings. The topological polar surface area (TPSA) is 18.5 Å². The third kappa shape index (κ3) is 3.24. The van der Waals surface area contributed by atoms with E-state index >= 15 is 0 Å². The van der Waals surface area contributed by atoms with Gasteiger partial charge < -0.3 is 9.47 Å². The quantitative estimate of drug-likeness (QED) is 0.576. The van der Waals surface area contributed by atoms with Gasteiger partial charge >= 0.3 is 0 Å². The van der Waals surface area contributed by atoms with Crippen molar-refractivity contribution < 1.29 is 9.47 Å². The number of ether oxygens (including phenoxy) is 2. The molecule has 0 bridgehead atoms. The minimum atomic E-state index is -0.314. The molecule has 0 aromatic rings. The van der Waals surface area contributed by atoms with E-state index in [9.17, 15) is 0 Å². The molecule has 0 spiro atoms. The second kappa shape index (κ2) is 5.94. The van der Waals surface area contributed by atoms with Crippen LogP contribution in [-0.4, -0.2) is 5.79 Å². The van der Waals surface area contributed by atoms with E-state index in [1.54, 1.807) is 12.5 Å². The lowest BCUT2D eigenvalue weighted by Gasteiger charge is -2.27. The van der Waals surface area contributed by atoms with Crippen LogP contribution >= 0.6 is 0 Å². The highest BCUT2D eigenvalue weighted by Gasteiger charge is 2.33. The van der Waals surface area contributed by atoms with Gasteiger partial charge in [0.2, 0.25) is 5.79 Å². The molecule has 0 aromatic heterocycles. The summed E-state index contributed by atoms with van der Waals surface area (Å²) in [6, 6.07) is 0. The summed E-state index contributed by atoms with van der Waals surface area (Å²) in [5.74, 6) is -0.314. The van der Waals surface area contributed by atoms with Crippen LogP contribution in [0.3, 0.4) is 0 Å². The molecule has 0 saturated carbocycles. The van der Waals surface area contributed by atoms with Gasteiger partial charge in [0, 0.05) is 12.8 Å². The van der Waals surface area contributed by atoms with E-state index in [4.69, 9.17) is 9.47 Å². The number of rotatable bonds is 7. The van der Waals surface area contributed by atoms with E-state index in [-0.39, 0.29) is 5.79 Å². The Morgan fingerprint density at radius 3 is 2.00 bits per heavy atom. The van der Waals surface area contributed by atoms with Crippen molar-refractivity contribution in [3.05, 3.63) is 12.5 Å². The van der Waals surface area contributed by atoms with Gasteiger partial charge in [-0.25, -0.2) is 0 Å². The zero-order valence-electron chi connectivity index (χ0n) is 9.42. The molecular formula is C12H22O2. The number of hydrogen-bond acceptors (Lipinski definition) is 2. The van der Waals surface area contributed by atoms with Crippen molar-refractivity contribution in [2.45, 2.75) is 64.6 Å². The standard InChI is InChI=1S/C12H22O2/c1-3-5-7-9-12(8-6-4-2)13-10-11-14-12/h10-11H,3-9H2,1-2H3. The summed E-state index contributed by atoms with van der Waals surface area (Å²) in [7, 11) is 0. The van der Waals surface area contributed by atoms with Gasteiger partial charge in [0.1, 0.15) is 12.5 Å². The molecule has 0 atom stereocenters. The van der Waals surface area contributed by atoms with Crippen molar-refractivity contribution in [3.8, 4) is 0 Å². The lowest BCUT2D eigenvalue weighted by atomic mass is 10.0. The maximum atomic E-state index is 5.59. The SMILES string of the molecule is CCCCCC1(CCCC)OC=CO1. The van der Waals surface area contributed by atoms with Gasteiger partial charge in [-0.15, -0.1) is 0 Å². The first-order valence-corrected chi connectivity index (χ1v) is 5.83. The van der Waals surface area contributed by atoms with E-state index < -0.39 is 0 Å². The molecule has 0 amide bonds. The average Bonchev–Trinajstić information content (AvgIpc) is 2.65. The monoisotopic (exact) mass is 198 g/mol. The maximum Gasteiger partial charge on any atom is 0.249 e. The molecule has 1 aliphatic heterocycles. The van der Waals surface area contributed by atoms with Crippen LogP contribution in [0.25, 0.3) is 0 Å². The summed E-state index contributed by atoms with van der Waals surface area (Å²) in [6.45, 7) is 4.41. The minimum absolute atomic E-state index is 0.314. The van der Waals surface area contributed by atoms with Crippen LogP contribution in [0, 0.1) is 0 Å². The van der Waals surface area contributed by atoms with Gasteiger partial charge in [0.25, 0.3) is 0 Å². The van der Waals surface area contributed by atoms with Gasteiger partial charge in [0.05, 0.1) is 0 Å². The molecule has 0 aliphatic carbocycles. The predicted molar refractivity (Wildman–Crippen MR) is 57.7 cm³/mol. The molecule has 14 heavy (non-hydrogen) atoms. The zero-order valence-corrected chi connectivity index (χ0v) is 9.42. The van der Waals surface area contributed by atoms with E-state index in [0.717, 1.165) is 12.8 Å². The molecule has 0 N–H and O–H groups in total. The molecule has 1 rings (SSSR count). The van der Waals surface area contributed by atoms with Crippen LogP contribution in [0.2, 0.25) is 0 Å². The highest BCUT2D eigenvalue weighted by molar-refractivity contribution is 4.83. The first-order chi connectivity index (χ1) is 6.83. The summed E-state index contributed by atoms with van der Waals surface area (Å²) in [4.78, 5) is 0. The van der Waals surface area contributed by atoms with Crippen LogP contribution in [0.1, 0.15) is 58.8 Å². The highest BCUT2D eigenvalue weighted by atomic mass is 16.7. The van der Waals surface area contributed by atoms with E-state index in [0.29, 0.717) is 0 Å². The predicted octanol–water partition coefficient (Wildman–Crippen LogP) is 3.97. The number of unbranched alkanes of at least 4 members (excludes halogenated alkanes) is 3. The molecular weight excluding hydrogens is 176 g/mol.